The molecule has 12 heteroatoms. The first-order valence-corrected chi connectivity index (χ1v) is 15.3. The number of benzene rings is 4. The van der Waals surface area contributed by atoms with Crippen LogP contribution in [0.2, 0.25) is 0 Å². The first-order chi connectivity index (χ1) is 23.1. The van der Waals surface area contributed by atoms with Gasteiger partial charge in [0.1, 0.15) is 29.6 Å². The third kappa shape index (κ3) is 9.10. The summed E-state index contributed by atoms with van der Waals surface area (Å²) in [5, 5.41) is 28.3. The molecule has 4 aromatic rings. The number of carboxylic acids is 1. The van der Waals surface area contributed by atoms with Gasteiger partial charge in [-0.2, -0.15) is 0 Å². The third-order valence-electron chi connectivity index (χ3n) is 7.64. The summed E-state index contributed by atoms with van der Waals surface area (Å²) in [4.78, 5) is 52.9. The highest BCUT2D eigenvalue weighted by Crippen LogP contribution is 2.32. The number of amides is 3. The molecule has 0 aromatic heterocycles. The van der Waals surface area contributed by atoms with Crippen LogP contribution in [0, 0.1) is 0 Å². The van der Waals surface area contributed by atoms with Crippen molar-refractivity contribution in [3.63, 3.8) is 0 Å². The van der Waals surface area contributed by atoms with Gasteiger partial charge in [0.2, 0.25) is 11.8 Å². The van der Waals surface area contributed by atoms with Crippen LogP contribution in [-0.4, -0.2) is 58.3 Å². The van der Waals surface area contributed by atoms with Gasteiger partial charge in [0, 0.05) is 12.8 Å². The van der Waals surface area contributed by atoms with Crippen LogP contribution in [0.25, 0.3) is 0 Å². The Morgan fingerprint density at radius 3 is 2.23 bits per heavy atom. The molecule has 4 atom stereocenters. The van der Waals surface area contributed by atoms with E-state index in [4.69, 9.17) is 14.2 Å². The number of carbonyl (C=O) groups is 4. The van der Waals surface area contributed by atoms with Crippen molar-refractivity contribution in [1.82, 2.24) is 16.0 Å². The van der Waals surface area contributed by atoms with Crippen LogP contribution in [0.3, 0.4) is 0 Å². The summed E-state index contributed by atoms with van der Waals surface area (Å²) >= 11 is 0. The molecular weight excluding hydrogens is 618 g/mol. The van der Waals surface area contributed by atoms with Gasteiger partial charge in [-0.1, -0.05) is 66.7 Å². The van der Waals surface area contributed by atoms with Gasteiger partial charge in [0.05, 0.1) is 12.7 Å². The fraction of sp³-hybridized carbons (Fsp3) is 0.222. The summed E-state index contributed by atoms with van der Waals surface area (Å²) in [6, 6.07) is 24.5. The molecule has 3 amide bonds. The predicted molar refractivity (Wildman–Crippen MR) is 174 cm³/mol. The van der Waals surface area contributed by atoms with Crippen molar-refractivity contribution in [1.29, 1.82) is 0 Å². The quantitative estimate of drug-likeness (QED) is 0.197. The van der Waals surface area contributed by atoms with Crippen molar-refractivity contribution in [2.75, 3.05) is 0 Å². The van der Waals surface area contributed by atoms with Crippen LogP contribution >= 0.6 is 0 Å². The van der Waals surface area contributed by atoms with Crippen LogP contribution in [0.5, 0.6) is 23.0 Å². The smallest absolute Gasteiger partial charge is 0.413 e. The van der Waals surface area contributed by atoms with Gasteiger partial charge in [-0.3, -0.25) is 9.59 Å². The van der Waals surface area contributed by atoms with Crippen molar-refractivity contribution in [2.24, 2.45) is 0 Å². The molecule has 48 heavy (non-hydrogen) atoms. The van der Waals surface area contributed by atoms with E-state index >= 15 is 0 Å². The van der Waals surface area contributed by atoms with E-state index in [0.29, 0.717) is 16.9 Å². The number of hydrogen-bond donors (Lipinski definition) is 5. The number of aliphatic carboxylic acids is 1. The molecule has 2 aliphatic rings. The molecule has 5 N–H and O–H groups in total. The van der Waals surface area contributed by atoms with Crippen molar-refractivity contribution >= 4 is 23.9 Å². The summed E-state index contributed by atoms with van der Waals surface area (Å²) in [5.41, 5.74) is 1.91. The molecule has 0 fully saturated rings. The minimum Gasteiger partial charge on any atom is -0.504 e. The molecule has 0 saturated heterocycles. The zero-order chi connectivity index (χ0) is 34.0. The fourth-order valence-electron chi connectivity index (χ4n) is 5.05. The largest absolute Gasteiger partial charge is 0.504 e. The van der Waals surface area contributed by atoms with Gasteiger partial charge in [0.25, 0.3) is 0 Å². The van der Waals surface area contributed by atoms with E-state index in [9.17, 15) is 29.4 Å². The van der Waals surface area contributed by atoms with E-state index in [-0.39, 0.29) is 36.7 Å². The molecule has 6 rings (SSSR count). The van der Waals surface area contributed by atoms with Crippen LogP contribution in [0.4, 0.5) is 4.79 Å². The maximum absolute atomic E-state index is 13.9. The molecule has 2 heterocycles. The Morgan fingerprint density at radius 2 is 1.54 bits per heavy atom. The lowest BCUT2D eigenvalue weighted by Crippen LogP contribution is -2.60. The first kappa shape index (κ1) is 33.5. The Balaban J connectivity index is 1.49. The fourth-order valence-corrected chi connectivity index (χ4v) is 5.05. The molecule has 4 aromatic carbocycles. The number of rotatable bonds is 7. The van der Waals surface area contributed by atoms with E-state index in [2.05, 4.69) is 16.0 Å². The molecule has 12 nitrogen and oxygen atoms in total. The van der Waals surface area contributed by atoms with Gasteiger partial charge in [0.15, 0.2) is 11.5 Å². The summed E-state index contributed by atoms with van der Waals surface area (Å²) in [7, 11) is 0. The Hall–Kier alpha value is -5.88. The summed E-state index contributed by atoms with van der Waals surface area (Å²) in [5.74, 6) is -2.32. The predicted octanol–water partition coefficient (Wildman–Crippen LogP) is 4.10. The molecule has 0 aliphatic carbocycles. The van der Waals surface area contributed by atoms with E-state index in [1.54, 1.807) is 67.6 Å². The Labute approximate surface area is 276 Å². The second-order valence-electron chi connectivity index (χ2n) is 11.2. The second-order valence-corrected chi connectivity index (χ2v) is 11.2. The first-order valence-electron chi connectivity index (χ1n) is 15.3. The number of aromatic hydroxyl groups is 1. The molecule has 0 saturated carbocycles. The maximum Gasteiger partial charge on any atom is 0.413 e. The van der Waals surface area contributed by atoms with E-state index in [0.717, 1.165) is 5.56 Å². The average molecular weight is 654 g/mol. The molecule has 0 radical (unpaired) electrons. The van der Waals surface area contributed by atoms with E-state index in [1.807, 2.05) is 30.3 Å². The number of nitrogens with one attached hydrogen (secondary N) is 3. The highest BCUT2D eigenvalue weighted by Gasteiger charge is 2.34. The average Bonchev–Trinajstić information content (AvgIpc) is 3.08. The third-order valence-corrected chi connectivity index (χ3v) is 7.64. The monoisotopic (exact) mass is 653 g/mol. The maximum atomic E-state index is 13.9. The van der Waals surface area contributed by atoms with Gasteiger partial charge in [-0.25, -0.2) is 9.59 Å². The standard InChI is InChI=1S/C36H35N3O9/c1-22(46-21-24-8-4-2-5-9-24)32-34(42)37-29(35(43)44)18-23-12-15-27(16-13-23)47-31-20-25(14-17-30(31)40)19-28(33(41)39-32)38-36(45)48-26-10-6-3-7-11-26/h2-17,20,22,28-29,32,40H,18-19,21H2,1H3,(H,37,42)(H,38,45)(H,39,41)(H,43,44)/t22-,28+,29+,32?/m1/s1. The minimum atomic E-state index is -1.37. The lowest BCUT2D eigenvalue weighted by Gasteiger charge is -2.28. The zero-order valence-corrected chi connectivity index (χ0v) is 26.0. The van der Waals surface area contributed by atoms with Gasteiger partial charge >= 0.3 is 12.1 Å². The number of carbonyl (C=O) groups excluding carboxylic acids is 3. The Morgan fingerprint density at radius 1 is 0.875 bits per heavy atom. The van der Waals surface area contributed by atoms with Crippen molar-refractivity contribution in [3.8, 4) is 23.0 Å². The number of ether oxygens (including phenoxy) is 3. The molecule has 4 bridgehead atoms. The summed E-state index contributed by atoms with van der Waals surface area (Å²) in [6.45, 7) is 1.69. The lowest BCUT2D eigenvalue weighted by atomic mass is 10.0. The van der Waals surface area contributed by atoms with Gasteiger partial charge in [-0.15, -0.1) is 0 Å². The zero-order valence-electron chi connectivity index (χ0n) is 26.0. The topological polar surface area (TPSA) is 173 Å². The van der Waals surface area contributed by atoms with E-state index in [1.165, 1.54) is 12.1 Å². The highest BCUT2D eigenvalue weighted by atomic mass is 16.6. The molecule has 2 aliphatic heterocycles. The summed E-state index contributed by atoms with van der Waals surface area (Å²) in [6.07, 6.45) is -2.04. The molecule has 1 unspecified atom stereocenters. The van der Waals surface area contributed by atoms with E-state index < -0.39 is 48.1 Å². The molecule has 0 spiro atoms. The number of hydrogen-bond acceptors (Lipinski definition) is 8. The Kier molecular flexibility index (Phi) is 10.9. The lowest BCUT2D eigenvalue weighted by molar-refractivity contribution is -0.143. The Bertz CT molecular complexity index is 1730. The minimum absolute atomic E-state index is 0.0719. The molecule has 248 valence electrons. The summed E-state index contributed by atoms with van der Waals surface area (Å²) < 4.78 is 17.2. The van der Waals surface area contributed by atoms with Crippen molar-refractivity contribution in [3.05, 3.63) is 120 Å². The van der Waals surface area contributed by atoms with Crippen LogP contribution in [0.15, 0.2) is 103 Å². The number of fused-ring (bicyclic) bond motifs is 10. The van der Waals surface area contributed by atoms with Crippen molar-refractivity contribution < 1.29 is 43.6 Å². The number of phenolic OH excluding ortho intramolecular Hbond substituents is 1. The number of para-hydroxylation sites is 1. The van der Waals surface area contributed by atoms with Gasteiger partial charge < -0.3 is 40.4 Å². The highest BCUT2D eigenvalue weighted by molar-refractivity contribution is 5.93. The number of carboxylic acid groups (broad SMARTS) is 1. The second kappa shape index (κ2) is 15.6. The molecular formula is C36H35N3O9. The van der Waals surface area contributed by atoms with Gasteiger partial charge in [-0.05, 0) is 60.0 Å². The van der Waals surface area contributed by atoms with Crippen LogP contribution in [0.1, 0.15) is 23.6 Å². The number of phenols is 1. The van der Waals surface area contributed by atoms with Crippen LogP contribution < -0.4 is 25.4 Å². The van der Waals surface area contributed by atoms with Crippen LogP contribution in [-0.2, 0) is 38.6 Å². The SMILES string of the molecule is C[C@@H](OCc1ccccc1)C1NC(=O)[C@@H](NC(=O)Oc2ccccc2)Cc2ccc(O)c(c2)Oc2ccc(cc2)C[C@@H](C(=O)O)NC1=O. The normalized spacial score (nSPS) is 18.7. The van der Waals surface area contributed by atoms with Crippen molar-refractivity contribution in [2.45, 2.75) is 50.6 Å².